The molecule has 2 heterocycles. The van der Waals surface area contributed by atoms with Gasteiger partial charge in [0.1, 0.15) is 22.0 Å². The smallest absolute Gasteiger partial charge is 0.325 e. The first-order valence-electron chi connectivity index (χ1n) is 5.69. The molecule has 1 saturated heterocycles. The number of carboxylic acid groups (broad SMARTS) is 1. The molecule has 2 N–H and O–H groups in total. The van der Waals surface area contributed by atoms with Crippen LogP contribution in [0.25, 0.3) is 0 Å². The van der Waals surface area contributed by atoms with Crippen LogP contribution in [0.2, 0.25) is 0 Å². The molecule has 1 aliphatic rings. The molecule has 98 valence electrons. The summed E-state index contributed by atoms with van der Waals surface area (Å²) in [6.45, 7) is 2.14. The predicted molar refractivity (Wildman–Crippen MR) is 64.6 cm³/mol. The van der Waals surface area contributed by atoms with E-state index >= 15 is 0 Å². The van der Waals surface area contributed by atoms with Gasteiger partial charge in [-0.3, -0.25) is 9.59 Å². The van der Waals surface area contributed by atoms with Crippen molar-refractivity contribution < 1.29 is 19.4 Å². The zero-order chi connectivity index (χ0) is 13.1. The summed E-state index contributed by atoms with van der Waals surface area (Å²) < 4.78 is 5.47. The molecule has 1 aromatic heterocycles. The third kappa shape index (κ3) is 2.85. The van der Waals surface area contributed by atoms with Crippen LogP contribution in [0.1, 0.15) is 40.5 Å². The van der Waals surface area contributed by atoms with E-state index < -0.39 is 17.9 Å². The van der Waals surface area contributed by atoms with Gasteiger partial charge < -0.3 is 15.2 Å². The third-order valence-electron chi connectivity index (χ3n) is 2.67. The highest BCUT2D eigenvalue weighted by Gasteiger charge is 2.23. The maximum Gasteiger partial charge on any atom is 0.325 e. The summed E-state index contributed by atoms with van der Waals surface area (Å²) in [4.78, 5) is 26.9. The Morgan fingerprint density at radius 3 is 3.06 bits per heavy atom. The number of hydrogen-bond donors (Lipinski definition) is 2. The summed E-state index contributed by atoms with van der Waals surface area (Å²) in [6.07, 6.45) is 3.36. The van der Waals surface area contributed by atoms with E-state index in [4.69, 9.17) is 9.84 Å². The van der Waals surface area contributed by atoms with Crippen LogP contribution in [0.15, 0.2) is 6.20 Å². The Bertz CT molecular complexity index is 454. The number of hydrogen-bond acceptors (Lipinski definition) is 5. The van der Waals surface area contributed by atoms with E-state index in [0.717, 1.165) is 24.5 Å². The number of carbonyl (C=O) groups excluding carboxylic acids is 1. The second-order valence-electron chi connectivity index (χ2n) is 4.10. The second-order valence-corrected chi connectivity index (χ2v) is 5.16. The number of aromatic nitrogens is 1. The van der Waals surface area contributed by atoms with Crippen molar-refractivity contribution in [3.63, 3.8) is 0 Å². The Balaban J connectivity index is 2.00. The summed E-state index contributed by atoms with van der Waals surface area (Å²) in [5.41, 5.74) is 0. The minimum Gasteiger partial charge on any atom is -0.480 e. The quantitative estimate of drug-likeness (QED) is 0.858. The van der Waals surface area contributed by atoms with Gasteiger partial charge in [0.25, 0.3) is 5.91 Å². The summed E-state index contributed by atoms with van der Waals surface area (Å²) in [7, 11) is 0. The van der Waals surface area contributed by atoms with Crippen molar-refractivity contribution in [3.05, 3.63) is 16.1 Å². The fourth-order valence-electron chi connectivity index (χ4n) is 1.64. The number of rotatable bonds is 4. The molecule has 6 nitrogen and oxygen atoms in total. The average molecular weight is 270 g/mol. The van der Waals surface area contributed by atoms with Crippen LogP contribution < -0.4 is 5.32 Å². The molecule has 7 heteroatoms. The van der Waals surface area contributed by atoms with Gasteiger partial charge >= 0.3 is 5.97 Å². The molecule has 2 rings (SSSR count). The normalized spacial score (nSPS) is 20.6. The zero-order valence-electron chi connectivity index (χ0n) is 9.88. The molecule has 1 aliphatic heterocycles. The van der Waals surface area contributed by atoms with Crippen molar-refractivity contribution in [2.45, 2.75) is 31.9 Å². The topological polar surface area (TPSA) is 88.5 Å². The Morgan fingerprint density at radius 2 is 2.44 bits per heavy atom. The summed E-state index contributed by atoms with van der Waals surface area (Å²) >= 11 is 1.25. The second kappa shape index (κ2) is 5.45. The lowest BCUT2D eigenvalue weighted by molar-refractivity contribution is -0.138. The highest BCUT2D eigenvalue weighted by Crippen LogP contribution is 2.31. The van der Waals surface area contributed by atoms with Crippen LogP contribution in [0.4, 0.5) is 0 Å². The van der Waals surface area contributed by atoms with Crippen LogP contribution in [0.3, 0.4) is 0 Å². The Labute approximate surface area is 108 Å². The van der Waals surface area contributed by atoms with E-state index in [0.29, 0.717) is 4.88 Å². The first-order chi connectivity index (χ1) is 8.58. The Morgan fingerprint density at radius 1 is 1.67 bits per heavy atom. The minimum absolute atomic E-state index is 0.0200. The molecule has 0 aromatic carbocycles. The summed E-state index contributed by atoms with van der Waals surface area (Å²) in [5.74, 6) is -1.47. The molecular formula is C11H14N2O4S. The predicted octanol–water partition coefficient (Wildman–Crippen LogP) is 1.20. The first kappa shape index (κ1) is 13.0. The largest absolute Gasteiger partial charge is 0.480 e. The minimum atomic E-state index is -1.06. The van der Waals surface area contributed by atoms with E-state index in [1.807, 2.05) is 0 Å². The van der Waals surface area contributed by atoms with Crippen LogP contribution >= 0.6 is 11.3 Å². The van der Waals surface area contributed by atoms with E-state index in [1.165, 1.54) is 24.5 Å². The number of aliphatic carboxylic acids is 1. The standard InChI is InChI=1S/C11H14N2O4S/c1-6(11(15)16)13-9(14)8-5-12-10(18-8)7-3-2-4-17-7/h5-7H,2-4H2,1H3,(H,13,14)(H,15,16). The summed E-state index contributed by atoms with van der Waals surface area (Å²) in [6, 6.07) is -0.911. The molecule has 1 aromatic rings. The van der Waals surface area contributed by atoms with Crippen molar-refractivity contribution in [2.75, 3.05) is 6.61 Å². The van der Waals surface area contributed by atoms with E-state index in [9.17, 15) is 9.59 Å². The van der Waals surface area contributed by atoms with Gasteiger partial charge in [0.2, 0.25) is 0 Å². The van der Waals surface area contributed by atoms with Crippen molar-refractivity contribution in [3.8, 4) is 0 Å². The number of nitrogens with zero attached hydrogens (tertiary/aromatic N) is 1. The van der Waals surface area contributed by atoms with Crippen molar-refractivity contribution in [1.29, 1.82) is 0 Å². The Hall–Kier alpha value is -1.47. The monoisotopic (exact) mass is 270 g/mol. The zero-order valence-corrected chi connectivity index (χ0v) is 10.7. The molecule has 0 aliphatic carbocycles. The van der Waals surface area contributed by atoms with Gasteiger partial charge in [0.15, 0.2) is 0 Å². The molecule has 18 heavy (non-hydrogen) atoms. The third-order valence-corrected chi connectivity index (χ3v) is 3.76. The van der Waals surface area contributed by atoms with Crippen molar-refractivity contribution in [1.82, 2.24) is 10.3 Å². The lowest BCUT2D eigenvalue weighted by Crippen LogP contribution is -2.37. The highest BCUT2D eigenvalue weighted by atomic mass is 32.1. The van der Waals surface area contributed by atoms with Gasteiger partial charge in [-0.25, -0.2) is 4.98 Å². The maximum atomic E-state index is 11.7. The molecular weight excluding hydrogens is 256 g/mol. The van der Waals surface area contributed by atoms with Crippen LogP contribution in [0.5, 0.6) is 0 Å². The van der Waals surface area contributed by atoms with E-state index in [1.54, 1.807) is 0 Å². The van der Waals surface area contributed by atoms with E-state index in [2.05, 4.69) is 10.3 Å². The molecule has 1 amide bonds. The van der Waals surface area contributed by atoms with Gasteiger partial charge in [-0.2, -0.15) is 0 Å². The number of amides is 1. The fourth-order valence-corrected chi connectivity index (χ4v) is 2.55. The number of nitrogens with one attached hydrogen (secondary N) is 1. The molecule has 0 saturated carbocycles. The van der Waals surface area contributed by atoms with Gasteiger partial charge in [0, 0.05) is 6.61 Å². The maximum absolute atomic E-state index is 11.7. The average Bonchev–Trinajstić information content (AvgIpc) is 2.99. The number of carbonyl (C=O) groups is 2. The van der Waals surface area contributed by atoms with Gasteiger partial charge in [-0.15, -0.1) is 11.3 Å². The summed E-state index contributed by atoms with van der Waals surface area (Å²) in [5, 5.41) is 11.9. The molecule has 0 radical (unpaired) electrons. The number of carboxylic acids is 1. The molecule has 0 bridgehead atoms. The lowest BCUT2D eigenvalue weighted by Gasteiger charge is -2.07. The lowest BCUT2D eigenvalue weighted by atomic mass is 10.2. The van der Waals surface area contributed by atoms with Gasteiger partial charge in [0.05, 0.1) is 6.20 Å². The number of thiazole rings is 1. The number of ether oxygens (including phenoxy) is 1. The van der Waals surface area contributed by atoms with Crippen molar-refractivity contribution in [2.24, 2.45) is 0 Å². The molecule has 1 fully saturated rings. The molecule has 2 atom stereocenters. The first-order valence-corrected chi connectivity index (χ1v) is 6.50. The SMILES string of the molecule is CC(NC(=O)c1cnc(C2CCCO2)s1)C(=O)O. The van der Waals surface area contributed by atoms with Crippen LogP contribution in [-0.2, 0) is 9.53 Å². The van der Waals surface area contributed by atoms with Crippen LogP contribution in [0, 0.1) is 0 Å². The van der Waals surface area contributed by atoms with Gasteiger partial charge in [-0.1, -0.05) is 0 Å². The van der Waals surface area contributed by atoms with Crippen LogP contribution in [-0.4, -0.2) is 34.6 Å². The van der Waals surface area contributed by atoms with Gasteiger partial charge in [-0.05, 0) is 19.8 Å². The van der Waals surface area contributed by atoms with E-state index in [-0.39, 0.29) is 6.10 Å². The molecule has 2 unspecified atom stereocenters. The molecule has 0 spiro atoms. The Kier molecular flexibility index (Phi) is 3.93. The highest BCUT2D eigenvalue weighted by molar-refractivity contribution is 7.13. The van der Waals surface area contributed by atoms with Crippen molar-refractivity contribution >= 4 is 23.2 Å². The fraction of sp³-hybridized carbons (Fsp3) is 0.545.